The van der Waals surface area contributed by atoms with Crippen LogP contribution < -0.4 is 10.6 Å². The molecule has 0 amide bonds. The van der Waals surface area contributed by atoms with Crippen molar-refractivity contribution in [2.75, 3.05) is 24.0 Å². The van der Waals surface area contributed by atoms with E-state index < -0.39 is 0 Å². The number of aromatic nitrogens is 1. The van der Waals surface area contributed by atoms with Crippen LogP contribution in [0.1, 0.15) is 24.6 Å². The van der Waals surface area contributed by atoms with Crippen LogP contribution >= 0.6 is 11.8 Å². The molecule has 3 nitrogen and oxygen atoms in total. The zero-order valence-electron chi connectivity index (χ0n) is 11.2. The third kappa shape index (κ3) is 4.21. The summed E-state index contributed by atoms with van der Waals surface area (Å²) in [5.74, 6) is 2.21. The van der Waals surface area contributed by atoms with E-state index in [-0.39, 0.29) is 0 Å². The van der Waals surface area contributed by atoms with E-state index in [2.05, 4.69) is 36.2 Å². The maximum absolute atomic E-state index is 5.69. The van der Waals surface area contributed by atoms with Gasteiger partial charge in [0, 0.05) is 25.3 Å². The predicted molar refractivity (Wildman–Crippen MR) is 77.7 cm³/mol. The molecule has 0 fully saturated rings. The Bertz CT molecular complexity index is 355. The molecule has 0 saturated carbocycles. The van der Waals surface area contributed by atoms with Crippen molar-refractivity contribution in [3.63, 3.8) is 0 Å². The van der Waals surface area contributed by atoms with Crippen LogP contribution in [0.25, 0.3) is 0 Å². The Hall–Kier alpha value is -0.740. The van der Waals surface area contributed by atoms with Crippen LogP contribution in [0, 0.1) is 6.92 Å². The summed E-state index contributed by atoms with van der Waals surface area (Å²) in [7, 11) is 2.10. The highest BCUT2D eigenvalue weighted by atomic mass is 32.2. The van der Waals surface area contributed by atoms with Crippen molar-refractivity contribution in [2.24, 2.45) is 5.73 Å². The molecule has 17 heavy (non-hydrogen) atoms. The summed E-state index contributed by atoms with van der Waals surface area (Å²) in [4.78, 5) is 6.81. The Morgan fingerprint density at radius 1 is 1.47 bits per heavy atom. The van der Waals surface area contributed by atoms with Crippen molar-refractivity contribution >= 4 is 17.6 Å². The van der Waals surface area contributed by atoms with Crippen LogP contribution in [-0.2, 0) is 6.54 Å². The number of aryl methyl sites for hydroxylation is 1. The van der Waals surface area contributed by atoms with E-state index in [9.17, 15) is 0 Å². The van der Waals surface area contributed by atoms with Crippen molar-refractivity contribution in [2.45, 2.75) is 32.9 Å². The van der Waals surface area contributed by atoms with E-state index in [1.54, 1.807) is 0 Å². The van der Waals surface area contributed by atoms with Gasteiger partial charge in [-0.15, -0.1) is 0 Å². The molecular weight excluding hydrogens is 230 g/mol. The molecule has 0 aliphatic carbocycles. The molecule has 0 aliphatic rings. The zero-order valence-corrected chi connectivity index (χ0v) is 12.0. The molecule has 0 spiro atoms. The number of rotatable bonds is 6. The van der Waals surface area contributed by atoms with Crippen LogP contribution in [-0.4, -0.2) is 30.1 Å². The van der Waals surface area contributed by atoms with E-state index in [0.29, 0.717) is 12.6 Å². The molecule has 0 aromatic carbocycles. The quantitative estimate of drug-likeness (QED) is 0.845. The van der Waals surface area contributed by atoms with Crippen molar-refractivity contribution in [3.05, 3.63) is 23.4 Å². The number of hydrogen-bond donors (Lipinski definition) is 1. The number of nitrogens with two attached hydrogens (primary N) is 1. The van der Waals surface area contributed by atoms with Gasteiger partial charge in [-0.3, -0.25) is 0 Å². The van der Waals surface area contributed by atoms with Gasteiger partial charge in [0.05, 0.1) is 0 Å². The molecule has 96 valence electrons. The second-order valence-corrected chi connectivity index (χ2v) is 5.41. The topological polar surface area (TPSA) is 42.1 Å². The Balaban J connectivity index is 2.80. The zero-order chi connectivity index (χ0) is 12.8. The van der Waals surface area contributed by atoms with Crippen LogP contribution in [0.5, 0.6) is 0 Å². The normalized spacial score (nSPS) is 12.5. The minimum atomic E-state index is 0.502. The lowest BCUT2D eigenvalue weighted by molar-refractivity contribution is 0.661. The molecule has 2 N–H and O–H groups in total. The summed E-state index contributed by atoms with van der Waals surface area (Å²) in [5.41, 5.74) is 7.88. The first kappa shape index (κ1) is 14.3. The average Bonchev–Trinajstić information content (AvgIpc) is 2.34. The number of anilines is 1. The highest BCUT2D eigenvalue weighted by molar-refractivity contribution is 7.98. The van der Waals surface area contributed by atoms with Crippen LogP contribution in [0.3, 0.4) is 0 Å². The molecule has 1 heterocycles. The van der Waals surface area contributed by atoms with Crippen molar-refractivity contribution in [1.82, 2.24) is 4.98 Å². The molecule has 0 aliphatic heterocycles. The van der Waals surface area contributed by atoms with Gasteiger partial charge in [0.15, 0.2) is 0 Å². The summed E-state index contributed by atoms with van der Waals surface area (Å²) >= 11 is 1.89. The number of hydrogen-bond acceptors (Lipinski definition) is 4. The van der Waals surface area contributed by atoms with Gasteiger partial charge in [0.25, 0.3) is 0 Å². The monoisotopic (exact) mass is 253 g/mol. The fourth-order valence-corrected chi connectivity index (χ4v) is 2.30. The maximum atomic E-state index is 5.69. The third-order valence-corrected chi connectivity index (χ3v) is 3.64. The first-order valence-corrected chi connectivity index (χ1v) is 7.37. The fourth-order valence-electron chi connectivity index (χ4n) is 1.73. The van der Waals surface area contributed by atoms with E-state index in [1.807, 2.05) is 24.8 Å². The molecular formula is C13H23N3S. The molecule has 1 aromatic heterocycles. The molecule has 1 unspecified atom stereocenters. The van der Waals surface area contributed by atoms with Crippen molar-refractivity contribution in [1.29, 1.82) is 0 Å². The van der Waals surface area contributed by atoms with Gasteiger partial charge in [-0.05, 0) is 50.0 Å². The van der Waals surface area contributed by atoms with Gasteiger partial charge >= 0.3 is 0 Å². The van der Waals surface area contributed by atoms with Crippen molar-refractivity contribution in [3.8, 4) is 0 Å². The average molecular weight is 253 g/mol. The fraction of sp³-hybridized carbons (Fsp3) is 0.615. The molecule has 1 atom stereocenters. The first-order chi connectivity index (χ1) is 8.08. The highest BCUT2D eigenvalue weighted by Crippen LogP contribution is 2.17. The van der Waals surface area contributed by atoms with E-state index in [1.165, 1.54) is 12.2 Å². The number of pyridine rings is 1. The standard InChI is InChI=1S/C13H23N3S/c1-10-7-12(9-14)8-13(15-10)16(3)11(2)5-6-17-4/h7-8,11H,5-6,9,14H2,1-4H3. The minimum absolute atomic E-state index is 0.502. The molecule has 1 aromatic rings. The van der Waals surface area contributed by atoms with Crippen LogP contribution in [0.15, 0.2) is 12.1 Å². The second kappa shape index (κ2) is 6.87. The lowest BCUT2D eigenvalue weighted by Gasteiger charge is -2.26. The lowest BCUT2D eigenvalue weighted by atomic mass is 10.2. The molecule has 0 saturated heterocycles. The summed E-state index contributed by atoms with van der Waals surface area (Å²) in [6.07, 6.45) is 3.31. The van der Waals surface area contributed by atoms with Gasteiger partial charge in [0.2, 0.25) is 0 Å². The Morgan fingerprint density at radius 2 is 2.18 bits per heavy atom. The Kier molecular flexibility index (Phi) is 5.78. The molecule has 0 bridgehead atoms. The van der Waals surface area contributed by atoms with E-state index >= 15 is 0 Å². The maximum Gasteiger partial charge on any atom is 0.129 e. The van der Waals surface area contributed by atoms with Gasteiger partial charge in [-0.2, -0.15) is 11.8 Å². The Morgan fingerprint density at radius 3 is 2.76 bits per heavy atom. The minimum Gasteiger partial charge on any atom is -0.357 e. The second-order valence-electron chi connectivity index (χ2n) is 4.42. The summed E-state index contributed by atoms with van der Waals surface area (Å²) < 4.78 is 0. The molecule has 0 radical (unpaired) electrons. The number of thioether (sulfide) groups is 1. The van der Waals surface area contributed by atoms with Gasteiger partial charge in [0.1, 0.15) is 5.82 Å². The van der Waals surface area contributed by atoms with Crippen molar-refractivity contribution < 1.29 is 0 Å². The predicted octanol–water partition coefficient (Wildman–Crippen LogP) is 2.43. The Labute approximate surface area is 109 Å². The largest absolute Gasteiger partial charge is 0.357 e. The smallest absolute Gasteiger partial charge is 0.129 e. The molecule has 1 rings (SSSR count). The summed E-state index contributed by atoms with van der Waals surface area (Å²) in [6.45, 7) is 4.83. The highest BCUT2D eigenvalue weighted by Gasteiger charge is 2.11. The van der Waals surface area contributed by atoms with Gasteiger partial charge in [-0.1, -0.05) is 0 Å². The lowest BCUT2D eigenvalue weighted by Crippen LogP contribution is -2.30. The van der Waals surface area contributed by atoms with E-state index in [0.717, 1.165) is 17.1 Å². The van der Waals surface area contributed by atoms with Gasteiger partial charge < -0.3 is 10.6 Å². The SMILES string of the molecule is CSCCC(C)N(C)c1cc(CN)cc(C)n1. The third-order valence-electron chi connectivity index (χ3n) is 3.00. The summed E-state index contributed by atoms with van der Waals surface area (Å²) in [5, 5.41) is 0. The van der Waals surface area contributed by atoms with E-state index in [4.69, 9.17) is 5.73 Å². The van der Waals surface area contributed by atoms with Crippen LogP contribution in [0.4, 0.5) is 5.82 Å². The van der Waals surface area contributed by atoms with Crippen LogP contribution in [0.2, 0.25) is 0 Å². The van der Waals surface area contributed by atoms with Gasteiger partial charge in [-0.25, -0.2) is 4.98 Å². The molecule has 4 heteroatoms. The summed E-state index contributed by atoms with van der Waals surface area (Å²) in [6, 6.07) is 4.63. The number of nitrogens with zero attached hydrogens (tertiary/aromatic N) is 2. The first-order valence-electron chi connectivity index (χ1n) is 5.98.